The number of aryl methyl sites for hydroxylation is 1. The van der Waals surface area contributed by atoms with Crippen LogP contribution in [0.2, 0.25) is 0 Å². The standard InChI is InChI=1S/C18H19NO3/c1-3-22-18(21)17-11-9-15-14-7-5-4-6-13(14)8-10-16(15)19(17)12(2)20/h4-8,10,17H,3,9,11H2,1-2H3/t17-/m0/s1. The molecular weight excluding hydrogens is 278 g/mol. The Morgan fingerprint density at radius 1 is 1.23 bits per heavy atom. The smallest absolute Gasteiger partial charge is 0.329 e. The second kappa shape index (κ2) is 5.79. The maximum atomic E-state index is 12.2. The molecule has 1 atom stereocenters. The molecule has 1 heterocycles. The summed E-state index contributed by atoms with van der Waals surface area (Å²) in [7, 11) is 0. The van der Waals surface area contributed by atoms with E-state index in [9.17, 15) is 9.59 Å². The number of hydrogen-bond donors (Lipinski definition) is 0. The molecule has 0 saturated carbocycles. The van der Waals surface area contributed by atoms with Gasteiger partial charge < -0.3 is 4.74 Å². The van der Waals surface area contributed by atoms with Crippen LogP contribution in [0, 0.1) is 0 Å². The highest BCUT2D eigenvalue weighted by molar-refractivity contribution is 6.03. The van der Waals surface area contributed by atoms with Gasteiger partial charge in [0.2, 0.25) is 5.91 Å². The van der Waals surface area contributed by atoms with Gasteiger partial charge in [0.05, 0.1) is 6.61 Å². The normalized spacial score (nSPS) is 17.2. The van der Waals surface area contributed by atoms with E-state index in [4.69, 9.17) is 4.74 Å². The third-order valence-corrected chi connectivity index (χ3v) is 4.15. The molecule has 4 nitrogen and oxygen atoms in total. The lowest BCUT2D eigenvalue weighted by molar-refractivity contribution is -0.146. The van der Waals surface area contributed by atoms with Crippen LogP contribution in [0.25, 0.3) is 10.8 Å². The van der Waals surface area contributed by atoms with E-state index >= 15 is 0 Å². The fourth-order valence-electron chi connectivity index (χ4n) is 3.24. The molecule has 0 aliphatic carbocycles. The van der Waals surface area contributed by atoms with Crippen molar-refractivity contribution >= 4 is 28.3 Å². The van der Waals surface area contributed by atoms with Crippen molar-refractivity contribution in [1.82, 2.24) is 0 Å². The van der Waals surface area contributed by atoms with Crippen molar-refractivity contribution < 1.29 is 14.3 Å². The van der Waals surface area contributed by atoms with Gasteiger partial charge in [-0.3, -0.25) is 9.69 Å². The van der Waals surface area contributed by atoms with E-state index in [1.54, 1.807) is 11.8 Å². The van der Waals surface area contributed by atoms with Gasteiger partial charge in [0.1, 0.15) is 6.04 Å². The Bertz CT molecular complexity index is 738. The maximum absolute atomic E-state index is 12.2. The van der Waals surface area contributed by atoms with Crippen LogP contribution in [0.4, 0.5) is 5.69 Å². The Labute approximate surface area is 129 Å². The Hall–Kier alpha value is -2.36. The van der Waals surface area contributed by atoms with Gasteiger partial charge >= 0.3 is 5.97 Å². The zero-order valence-corrected chi connectivity index (χ0v) is 12.8. The first kappa shape index (κ1) is 14.6. The minimum Gasteiger partial charge on any atom is -0.464 e. The number of benzene rings is 2. The third kappa shape index (κ3) is 2.34. The summed E-state index contributed by atoms with van der Waals surface area (Å²) in [4.78, 5) is 25.9. The number of hydrogen-bond acceptors (Lipinski definition) is 3. The molecule has 4 heteroatoms. The molecule has 2 aromatic carbocycles. The summed E-state index contributed by atoms with van der Waals surface area (Å²) < 4.78 is 5.13. The summed E-state index contributed by atoms with van der Waals surface area (Å²) in [6.45, 7) is 3.60. The molecule has 2 aromatic rings. The topological polar surface area (TPSA) is 46.6 Å². The minimum atomic E-state index is -0.522. The highest BCUT2D eigenvalue weighted by Gasteiger charge is 2.35. The second-order valence-corrected chi connectivity index (χ2v) is 5.48. The number of esters is 1. The van der Waals surface area contributed by atoms with E-state index in [1.165, 1.54) is 6.92 Å². The monoisotopic (exact) mass is 297 g/mol. The summed E-state index contributed by atoms with van der Waals surface area (Å²) in [6.07, 6.45) is 1.36. The van der Waals surface area contributed by atoms with Crippen molar-refractivity contribution in [3.8, 4) is 0 Å². The molecule has 1 aliphatic heterocycles. The van der Waals surface area contributed by atoms with E-state index in [1.807, 2.05) is 24.3 Å². The van der Waals surface area contributed by atoms with Crippen molar-refractivity contribution in [1.29, 1.82) is 0 Å². The molecule has 22 heavy (non-hydrogen) atoms. The number of carbonyl (C=O) groups excluding carboxylic acids is 2. The van der Waals surface area contributed by atoms with E-state index in [-0.39, 0.29) is 11.9 Å². The Morgan fingerprint density at radius 2 is 2.00 bits per heavy atom. The molecule has 0 bridgehead atoms. The Kier molecular flexibility index (Phi) is 3.84. The van der Waals surface area contributed by atoms with Crippen LogP contribution in [0.3, 0.4) is 0 Å². The average Bonchev–Trinajstić information content (AvgIpc) is 2.53. The van der Waals surface area contributed by atoms with Crippen LogP contribution in [-0.4, -0.2) is 24.5 Å². The molecule has 0 N–H and O–H groups in total. The van der Waals surface area contributed by atoms with Gasteiger partial charge in [0, 0.05) is 12.6 Å². The number of ether oxygens (including phenoxy) is 1. The van der Waals surface area contributed by atoms with Crippen LogP contribution >= 0.6 is 0 Å². The number of rotatable bonds is 2. The lowest BCUT2D eigenvalue weighted by Gasteiger charge is -2.35. The fraction of sp³-hybridized carbons (Fsp3) is 0.333. The first-order valence-corrected chi connectivity index (χ1v) is 7.60. The van der Waals surface area contributed by atoms with E-state index in [0.717, 1.165) is 28.4 Å². The molecule has 3 rings (SSSR count). The van der Waals surface area contributed by atoms with Gasteiger partial charge in [-0.1, -0.05) is 30.3 Å². The number of anilines is 1. The largest absolute Gasteiger partial charge is 0.464 e. The van der Waals surface area contributed by atoms with Gasteiger partial charge in [-0.15, -0.1) is 0 Å². The van der Waals surface area contributed by atoms with Crippen molar-refractivity contribution in [3.05, 3.63) is 42.0 Å². The number of fused-ring (bicyclic) bond motifs is 3. The summed E-state index contributed by atoms with van der Waals surface area (Å²) in [5.74, 6) is -0.453. The number of nitrogens with zero attached hydrogens (tertiary/aromatic N) is 1. The van der Waals surface area contributed by atoms with Crippen molar-refractivity contribution in [2.75, 3.05) is 11.5 Å². The molecule has 0 aromatic heterocycles. The number of amides is 1. The maximum Gasteiger partial charge on any atom is 0.329 e. The van der Waals surface area contributed by atoms with Crippen LogP contribution in [0.1, 0.15) is 25.8 Å². The van der Waals surface area contributed by atoms with Crippen LogP contribution in [-0.2, 0) is 20.7 Å². The van der Waals surface area contributed by atoms with Gasteiger partial charge in [-0.25, -0.2) is 4.79 Å². The first-order chi connectivity index (χ1) is 10.6. The minimum absolute atomic E-state index is 0.130. The zero-order chi connectivity index (χ0) is 15.7. The molecule has 1 amide bonds. The molecule has 0 unspecified atom stereocenters. The Morgan fingerprint density at radius 3 is 2.73 bits per heavy atom. The molecule has 0 spiro atoms. The molecular formula is C18H19NO3. The van der Waals surface area contributed by atoms with Crippen molar-refractivity contribution in [3.63, 3.8) is 0 Å². The van der Waals surface area contributed by atoms with Crippen LogP contribution in [0.15, 0.2) is 36.4 Å². The second-order valence-electron chi connectivity index (χ2n) is 5.48. The molecule has 114 valence electrons. The Balaban J connectivity index is 2.11. The van der Waals surface area contributed by atoms with Gasteiger partial charge in [0.15, 0.2) is 0 Å². The van der Waals surface area contributed by atoms with E-state index in [2.05, 4.69) is 12.1 Å². The molecule has 0 saturated heterocycles. The van der Waals surface area contributed by atoms with E-state index < -0.39 is 6.04 Å². The van der Waals surface area contributed by atoms with Gasteiger partial charge in [-0.05, 0) is 42.2 Å². The van der Waals surface area contributed by atoms with Crippen LogP contribution in [0.5, 0.6) is 0 Å². The first-order valence-electron chi connectivity index (χ1n) is 7.60. The van der Waals surface area contributed by atoms with Crippen molar-refractivity contribution in [2.24, 2.45) is 0 Å². The molecule has 0 radical (unpaired) electrons. The fourth-order valence-corrected chi connectivity index (χ4v) is 3.24. The van der Waals surface area contributed by atoms with Gasteiger partial charge in [0.25, 0.3) is 0 Å². The predicted octanol–water partition coefficient (Wildman–Crippen LogP) is 3.07. The van der Waals surface area contributed by atoms with Crippen LogP contribution < -0.4 is 4.90 Å². The summed E-state index contributed by atoms with van der Waals surface area (Å²) in [6, 6.07) is 11.5. The SMILES string of the molecule is CCOC(=O)[C@@H]1CCc2c(ccc3ccccc23)N1C(C)=O. The highest BCUT2D eigenvalue weighted by atomic mass is 16.5. The predicted molar refractivity (Wildman–Crippen MR) is 85.9 cm³/mol. The van der Waals surface area contributed by atoms with Crippen molar-refractivity contribution in [2.45, 2.75) is 32.7 Å². The summed E-state index contributed by atoms with van der Waals surface area (Å²) in [5.41, 5.74) is 1.96. The average molecular weight is 297 g/mol. The zero-order valence-electron chi connectivity index (χ0n) is 12.8. The third-order valence-electron chi connectivity index (χ3n) is 4.15. The lowest BCUT2D eigenvalue weighted by atomic mass is 9.91. The summed E-state index contributed by atoms with van der Waals surface area (Å²) >= 11 is 0. The lowest BCUT2D eigenvalue weighted by Crippen LogP contribution is -2.48. The number of carbonyl (C=O) groups is 2. The molecule has 0 fully saturated rings. The van der Waals surface area contributed by atoms with Gasteiger partial charge in [-0.2, -0.15) is 0 Å². The quantitative estimate of drug-likeness (QED) is 0.800. The van der Waals surface area contributed by atoms with E-state index in [0.29, 0.717) is 13.0 Å². The summed E-state index contributed by atoms with van der Waals surface area (Å²) in [5, 5.41) is 2.30. The highest BCUT2D eigenvalue weighted by Crippen LogP contribution is 2.36. The molecule has 1 aliphatic rings.